The van der Waals surface area contributed by atoms with Gasteiger partial charge in [-0.15, -0.1) is 0 Å². The van der Waals surface area contributed by atoms with E-state index in [0.29, 0.717) is 13.1 Å². The van der Waals surface area contributed by atoms with Gasteiger partial charge in [-0.1, -0.05) is 0 Å². The average Bonchev–Trinajstić information content (AvgIpc) is 2.12. The third-order valence-corrected chi connectivity index (χ3v) is 2.33. The second kappa shape index (κ2) is 5.27. The van der Waals surface area contributed by atoms with Crippen LogP contribution in [0.15, 0.2) is 0 Å². The van der Waals surface area contributed by atoms with Gasteiger partial charge in [-0.05, 0) is 27.7 Å². The molecule has 0 saturated carbocycles. The van der Waals surface area contributed by atoms with Crippen molar-refractivity contribution in [3.05, 3.63) is 0 Å². The lowest BCUT2D eigenvalue weighted by Gasteiger charge is -2.24. The Kier molecular flexibility index (Phi) is 4.89. The number of carboxylic acids is 2. The summed E-state index contributed by atoms with van der Waals surface area (Å²) in [6, 6.07) is 0. The van der Waals surface area contributed by atoms with Gasteiger partial charge < -0.3 is 20.8 Å². The van der Waals surface area contributed by atoms with Crippen LogP contribution in [0, 0.1) is 0 Å². The van der Waals surface area contributed by atoms with E-state index in [1.807, 2.05) is 0 Å². The molecular weight excluding hydrogens is 212 g/mol. The van der Waals surface area contributed by atoms with Crippen molar-refractivity contribution >= 4 is 11.9 Å². The van der Waals surface area contributed by atoms with E-state index in [-0.39, 0.29) is 0 Å². The van der Waals surface area contributed by atoms with Gasteiger partial charge >= 0.3 is 11.9 Å². The normalized spacial score (nSPS) is 12.5. The third kappa shape index (κ3) is 4.59. The van der Waals surface area contributed by atoms with Crippen LogP contribution in [0.4, 0.5) is 0 Å². The molecule has 0 rings (SSSR count). The highest BCUT2D eigenvalue weighted by Gasteiger charge is 2.28. The Morgan fingerprint density at radius 1 is 0.875 bits per heavy atom. The molecule has 16 heavy (non-hydrogen) atoms. The zero-order valence-corrected chi connectivity index (χ0v) is 10.1. The highest BCUT2D eigenvalue weighted by Crippen LogP contribution is 2.02. The van der Waals surface area contributed by atoms with Gasteiger partial charge in [0.25, 0.3) is 0 Å². The van der Waals surface area contributed by atoms with Crippen molar-refractivity contribution in [3.8, 4) is 0 Å². The van der Waals surface area contributed by atoms with E-state index in [9.17, 15) is 9.59 Å². The van der Waals surface area contributed by atoms with Crippen molar-refractivity contribution in [2.75, 3.05) is 13.1 Å². The number of hydrogen-bond donors (Lipinski definition) is 4. The van der Waals surface area contributed by atoms with Crippen molar-refractivity contribution in [2.24, 2.45) is 0 Å². The Morgan fingerprint density at radius 2 is 1.12 bits per heavy atom. The fraction of sp³-hybridized carbons (Fsp3) is 0.800. The maximum atomic E-state index is 10.7. The Bertz CT molecular complexity index is 246. The van der Waals surface area contributed by atoms with Gasteiger partial charge in [-0.2, -0.15) is 0 Å². The van der Waals surface area contributed by atoms with E-state index in [1.54, 1.807) is 27.7 Å². The van der Waals surface area contributed by atoms with Crippen LogP contribution in [0.5, 0.6) is 0 Å². The summed E-state index contributed by atoms with van der Waals surface area (Å²) in [4.78, 5) is 21.5. The molecule has 0 atom stereocenters. The molecule has 0 amide bonds. The molecule has 0 aliphatic rings. The number of carboxylic acid groups (broad SMARTS) is 2. The number of aliphatic carboxylic acids is 2. The minimum atomic E-state index is -1.00. The molecule has 0 unspecified atom stereocenters. The zero-order chi connectivity index (χ0) is 13.0. The molecule has 94 valence electrons. The average molecular weight is 232 g/mol. The first-order valence-corrected chi connectivity index (χ1v) is 5.06. The van der Waals surface area contributed by atoms with Crippen LogP contribution in [0.2, 0.25) is 0 Å². The molecule has 0 spiro atoms. The Balaban J connectivity index is 3.94. The molecule has 0 aliphatic carbocycles. The van der Waals surface area contributed by atoms with Crippen molar-refractivity contribution < 1.29 is 19.8 Å². The molecule has 6 heteroatoms. The summed E-state index contributed by atoms with van der Waals surface area (Å²) in [6.07, 6.45) is 0. The lowest BCUT2D eigenvalue weighted by molar-refractivity contribution is -0.144. The summed E-state index contributed by atoms with van der Waals surface area (Å²) in [7, 11) is 0. The van der Waals surface area contributed by atoms with Crippen molar-refractivity contribution in [2.45, 2.75) is 38.8 Å². The number of carbonyl (C=O) groups is 2. The monoisotopic (exact) mass is 232 g/mol. The Morgan fingerprint density at radius 3 is 1.31 bits per heavy atom. The van der Waals surface area contributed by atoms with E-state index in [1.165, 1.54) is 0 Å². The summed E-state index contributed by atoms with van der Waals surface area (Å²) in [5.74, 6) is -1.88. The van der Waals surface area contributed by atoms with Crippen LogP contribution in [-0.4, -0.2) is 46.3 Å². The first kappa shape index (κ1) is 14.9. The van der Waals surface area contributed by atoms with Crippen LogP contribution in [0.3, 0.4) is 0 Å². The van der Waals surface area contributed by atoms with Gasteiger partial charge in [0.05, 0.1) is 0 Å². The molecule has 0 aromatic carbocycles. The molecule has 0 aliphatic heterocycles. The van der Waals surface area contributed by atoms with Gasteiger partial charge in [0, 0.05) is 13.1 Å². The van der Waals surface area contributed by atoms with Gasteiger partial charge in [0.15, 0.2) is 0 Å². The van der Waals surface area contributed by atoms with E-state index in [4.69, 9.17) is 10.2 Å². The van der Waals surface area contributed by atoms with E-state index < -0.39 is 23.0 Å². The summed E-state index contributed by atoms with van der Waals surface area (Å²) >= 11 is 0. The smallest absolute Gasteiger partial charge is 0.323 e. The Labute approximate surface area is 95.0 Å². The summed E-state index contributed by atoms with van der Waals surface area (Å²) in [6.45, 7) is 6.98. The van der Waals surface area contributed by atoms with E-state index >= 15 is 0 Å². The predicted octanol–water partition coefficient (Wildman–Crippen LogP) is -0.108. The lowest BCUT2D eigenvalue weighted by atomic mass is 10.1. The van der Waals surface area contributed by atoms with Crippen LogP contribution >= 0.6 is 0 Å². The molecule has 0 fully saturated rings. The SMILES string of the molecule is CC(C)(NCCNC(C)(C)C(=O)O)C(=O)O. The molecule has 0 saturated heterocycles. The fourth-order valence-electron chi connectivity index (χ4n) is 0.901. The molecule has 4 N–H and O–H groups in total. The standard InChI is InChI=1S/C10H20N2O4/c1-9(2,7(13)14)11-5-6-12-10(3,4)8(15)16/h11-12H,5-6H2,1-4H3,(H,13,14)(H,15,16). The second-order valence-corrected chi connectivity index (χ2v) is 4.71. The van der Waals surface area contributed by atoms with E-state index in [2.05, 4.69) is 10.6 Å². The molecular formula is C10H20N2O4. The molecule has 0 aromatic heterocycles. The predicted molar refractivity (Wildman–Crippen MR) is 59.4 cm³/mol. The van der Waals surface area contributed by atoms with Crippen LogP contribution < -0.4 is 10.6 Å². The highest BCUT2D eigenvalue weighted by molar-refractivity contribution is 5.78. The minimum absolute atomic E-state index is 0.385. The summed E-state index contributed by atoms with van der Waals surface area (Å²) in [5, 5.41) is 23.3. The van der Waals surface area contributed by atoms with Crippen LogP contribution in [0.1, 0.15) is 27.7 Å². The summed E-state index contributed by atoms with van der Waals surface area (Å²) in [5.41, 5.74) is -2.01. The zero-order valence-electron chi connectivity index (χ0n) is 10.1. The number of hydrogen-bond acceptors (Lipinski definition) is 4. The first-order valence-electron chi connectivity index (χ1n) is 5.06. The summed E-state index contributed by atoms with van der Waals surface area (Å²) < 4.78 is 0. The minimum Gasteiger partial charge on any atom is -0.480 e. The van der Waals surface area contributed by atoms with Crippen molar-refractivity contribution in [1.29, 1.82) is 0 Å². The van der Waals surface area contributed by atoms with Gasteiger partial charge in [-0.3, -0.25) is 9.59 Å². The third-order valence-electron chi connectivity index (χ3n) is 2.33. The largest absolute Gasteiger partial charge is 0.480 e. The van der Waals surface area contributed by atoms with Crippen molar-refractivity contribution in [3.63, 3.8) is 0 Å². The van der Waals surface area contributed by atoms with Gasteiger partial charge in [-0.25, -0.2) is 0 Å². The van der Waals surface area contributed by atoms with Gasteiger partial charge in [0.1, 0.15) is 11.1 Å². The first-order chi connectivity index (χ1) is 7.09. The second-order valence-electron chi connectivity index (χ2n) is 4.71. The lowest BCUT2D eigenvalue weighted by Crippen LogP contribution is -2.52. The van der Waals surface area contributed by atoms with Crippen molar-refractivity contribution in [1.82, 2.24) is 10.6 Å². The highest BCUT2D eigenvalue weighted by atomic mass is 16.4. The molecule has 0 bridgehead atoms. The Hall–Kier alpha value is -1.14. The molecule has 0 aromatic rings. The molecule has 0 heterocycles. The number of nitrogens with one attached hydrogen (secondary N) is 2. The maximum Gasteiger partial charge on any atom is 0.323 e. The van der Waals surface area contributed by atoms with E-state index in [0.717, 1.165) is 0 Å². The molecule has 6 nitrogen and oxygen atoms in total. The fourth-order valence-corrected chi connectivity index (χ4v) is 0.901. The quantitative estimate of drug-likeness (QED) is 0.457. The van der Waals surface area contributed by atoms with Gasteiger partial charge in [0.2, 0.25) is 0 Å². The molecule has 0 radical (unpaired) electrons. The van der Waals surface area contributed by atoms with Crippen LogP contribution in [0.25, 0.3) is 0 Å². The van der Waals surface area contributed by atoms with Crippen LogP contribution in [-0.2, 0) is 9.59 Å². The maximum absolute atomic E-state index is 10.7. The topological polar surface area (TPSA) is 98.7 Å². The number of rotatable bonds is 7.